The third kappa shape index (κ3) is 5.66. The first-order valence-electron chi connectivity index (χ1n) is 11.5. The number of halogens is 8. The molecule has 0 heterocycles. The standard InChI is InChI=1S/C29H20F8O/c1-2-3-16-4-6-17(7-5-16)18-8-10-21(23(30)12-18)19-9-11-22(24(31)13-19)20-14-25(32)27(26(33)15-20)38-29(36,37)28(34)35/h4-15,28H,2-3H2,1H3. The first-order valence-corrected chi connectivity index (χ1v) is 11.5. The van der Waals surface area contributed by atoms with E-state index in [1.807, 2.05) is 24.3 Å². The van der Waals surface area contributed by atoms with Gasteiger partial charge in [0, 0.05) is 11.1 Å². The molecule has 0 atom stereocenters. The molecule has 0 aliphatic heterocycles. The van der Waals surface area contributed by atoms with Crippen LogP contribution >= 0.6 is 0 Å². The van der Waals surface area contributed by atoms with E-state index in [1.54, 1.807) is 6.07 Å². The average molecular weight is 536 g/mol. The normalized spacial score (nSPS) is 11.7. The number of benzene rings is 4. The summed E-state index contributed by atoms with van der Waals surface area (Å²) in [4.78, 5) is 0. The van der Waals surface area contributed by atoms with E-state index >= 15 is 0 Å². The molecule has 0 saturated carbocycles. The van der Waals surface area contributed by atoms with Crippen molar-refractivity contribution in [1.82, 2.24) is 0 Å². The summed E-state index contributed by atoms with van der Waals surface area (Å²) in [5.74, 6) is -6.78. The van der Waals surface area contributed by atoms with Gasteiger partial charge >= 0.3 is 12.5 Å². The predicted molar refractivity (Wildman–Crippen MR) is 128 cm³/mol. The summed E-state index contributed by atoms with van der Waals surface area (Å²) in [6.45, 7) is 2.07. The van der Waals surface area contributed by atoms with Gasteiger partial charge in [-0.25, -0.2) is 17.6 Å². The Hall–Kier alpha value is -3.88. The minimum atomic E-state index is -5.13. The van der Waals surface area contributed by atoms with Crippen molar-refractivity contribution in [2.45, 2.75) is 32.3 Å². The largest absolute Gasteiger partial charge is 0.461 e. The highest BCUT2D eigenvalue weighted by Crippen LogP contribution is 2.36. The van der Waals surface area contributed by atoms with Crippen LogP contribution in [0.2, 0.25) is 0 Å². The van der Waals surface area contributed by atoms with Crippen LogP contribution < -0.4 is 4.74 Å². The molecule has 0 amide bonds. The Morgan fingerprint density at radius 2 is 1.11 bits per heavy atom. The fourth-order valence-corrected chi connectivity index (χ4v) is 3.99. The third-order valence-corrected chi connectivity index (χ3v) is 5.88. The van der Waals surface area contributed by atoms with E-state index in [-0.39, 0.29) is 16.7 Å². The molecule has 4 aromatic carbocycles. The van der Waals surface area contributed by atoms with Crippen molar-refractivity contribution in [3.05, 3.63) is 102 Å². The number of rotatable bonds is 8. The van der Waals surface area contributed by atoms with E-state index in [4.69, 9.17) is 0 Å². The molecule has 0 N–H and O–H groups in total. The Kier molecular flexibility index (Phi) is 7.76. The monoisotopic (exact) mass is 536 g/mol. The molecule has 4 rings (SSSR count). The van der Waals surface area contributed by atoms with E-state index < -0.39 is 47.1 Å². The zero-order chi connectivity index (χ0) is 27.6. The number of hydrogen-bond acceptors (Lipinski definition) is 1. The summed E-state index contributed by atoms with van der Waals surface area (Å²) < 4.78 is 113. The van der Waals surface area contributed by atoms with Crippen molar-refractivity contribution in [2.75, 3.05) is 0 Å². The first kappa shape index (κ1) is 27.2. The molecule has 0 fully saturated rings. The Bertz CT molecular complexity index is 1420. The lowest BCUT2D eigenvalue weighted by Crippen LogP contribution is -2.34. The molecule has 38 heavy (non-hydrogen) atoms. The van der Waals surface area contributed by atoms with Crippen molar-refractivity contribution in [3.8, 4) is 39.1 Å². The Morgan fingerprint density at radius 3 is 1.63 bits per heavy atom. The molecule has 0 bridgehead atoms. The van der Waals surface area contributed by atoms with Crippen molar-refractivity contribution < 1.29 is 39.9 Å². The molecule has 0 aliphatic rings. The lowest BCUT2D eigenvalue weighted by molar-refractivity contribution is -0.255. The van der Waals surface area contributed by atoms with Crippen LogP contribution in [-0.4, -0.2) is 12.5 Å². The highest BCUT2D eigenvalue weighted by molar-refractivity contribution is 5.74. The van der Waals surface area contributed by atoms with E-state index in [9.17, 15) is 35.1 Å². The Morgan fingerprint density at radius 1 is 0.632 bits per heavy atom. The van der Waals surface area contributed by atoms with E-state index in [1.165, 1.54) is 18.2 Å². The average Bonchev–Trinajstić information content (AvgIpc) is 2.86. The van der Waals surface area contributed by atoms with Crippen LogP contribution in [0.4, 0.5) is 35.1 Å². The van der Waals surface area contributed by atoms with Crippen LogP contribution in [0.5, 0.6) is 5.75 Å². The molecule has 198 valence electrons. The highest BCUT2D eigenvalue weighted by atomic mass is 19.3. The topological polar surface area (TPSA) is 9.23 Å². The van der Waals surface area contributed by atoms with Crippen LogP contribution in [-0.2, 0) is 6.42 Å². The van der Waals surface area contributed by atoms with Crippen LogP contribution in [0.25, 0.3) is 33.4 Å². The molecule has 1 nitrogen and oxygen atoms in total. The first-order chi connectivity index (χ1) is 18.0. The van der Waals surface area contributed by atoms with Crippen molar-refractivity contribution in [1.29, 1.82) is 0 Å². The summed E-state index contributed by atoms with van der Waals surface area (Å²) in [6.07, 6.45) is -7.52. The van der Waals surface area contributed by atoms with Gasteiger partial charge in [0.15, 0.2) is 17.4 Å². The van der Waals surface area contributed by atoms with E-state index in [0.717, 1.165) is 36.1 Å². The number of hydrogen-bond donors (Lipinski definition) is 0. The van der Waals surface area contributed by atoms with Gasteiger partial charge in [-0.05, 0) is 58.5 Å². The van der Waals surface area contributed by atoms with Gasteiger partial charge in [0.1, 0.15) is 11.6 Å². The van der Waals surface area contributed by atoms with Crippen LogP contribution in [0.1, 0.15) is 18.9 Å². The Labute approximate surface area is 213 Å². The number of alkyl halides is 4. The molecule has 0 spiro atoms. The third-order valence-electron chi connectivity index (χ3n) is 5.88. The molecule has 0 unspecified atom stereocenters. The second kappa shape index (κ2) is 10.8. The lowest BCUT2D eigenvalue weighted by atomic mass is 9.96. The summed E-state index contributed by atoms with van der Waals surface area (Å²) in [6, 6.07) is 16.5. The molecule has 0 aliphatic carbocycles. The fraction of sp³-hybridized carbons (Fsp3) is 0.172. The molecular weight excluding hydrogens is 516 g/mol. The minimum Gasteiger partial charge on any atom is -0.422 e. The van der Waals surface area contributed by atoms with Crippen molar-refractivity contribution in [2.24, 2.45) is 0 Å². The number of ether oxygens (including phenoxy) is 1. The molecule has 9 heteroatoms. The maximum atomic E-state index is 15.0. The van der Waals surface area contributed by atoms with Crippen LogP contribution in [0.3, 0.4) is 0 Å². The summed E-state index contributed by atoms with van der Waals surface area (Å²) >= 11 is 0. The van der Waals surface area contributed by atoms with Crippen LogP contribution in [0, 0.1) is 23.3 Å². The van der Waals surface area contributed by atoms with Gasteiger partial charge in [-0.2, -0.15) is 17.6 Å². The lowest BCUT2D eigenvalue weighted by Gasteiger charge is -2.18. The summed E-state index contributed by atoms with van der Waals surface area (Å²) in [5, 5.41) is 0. The zero-order valence-electron chi connectivity index (χ0n) is 19.9. The maximum Gasteiger partial charge on any atom is 0.461 e. The van der Waals surface area contributed by atoms with Gasteiger partial charge < -0.3 is 4.74 Å². The summed E-state index contributed by atoms with van der Waals surface area (Å²) in [5.41, 5.74) is 2.08. The predicted octanol–water partition coefficient (Wildman–Crippen LogP) is 9.43. The quantitative estimate of drug-likeness (QED) is 0.204. The van der Waals surface area contributed by atoms with Crippen LogP contribution in [0.15, 0.2) is 72.8 Å². The summed E-state index contributed by atoms with van der Waals surface area (Å²) in [7, 11) is 0. The van der Waals surface area contributed by atoms with E-state index in [0.29, 0.717) is 17.7 Å². The smallest absolute Gasteiger partial charge is 0.422 e. The van der Waals surface area contributed by atoms with Gasteiger partial charge in [-0.15, -0.1) is 0 Å². The Balaban J connectivity index is 1.61. The molecular formula is C29H20F8O. The van der Waals surface area contributed by atoms with Gasteiger partial charge in [-0.3, -0.25) is 0 Å². The SMILES string of the molecule is CCCc1ccc(-c2ccc(-c3ccc(-c4cc(F)c(OC(F)(F)C(F)F)c(F)c4)c(F)c3)c(F)c2)cc1. The van der Waals surface area contributed by atoms with Gasteiger partial charge in [0.05, 0.1) is 0 Å². The van der Waals surface area contributed by atoms with Gasteiger partial charge in [0.2, 0.25) is 0 Å². The zero-order valence-corrected chi connectivity index (χ0v) is 19.9. The minimum absolute atomic E-state index is 0.0807. The molecule has 4 aromatic rings. The maximum absolute atomic E-state index is 15.0. The highest BCUT2D eigenvalue weighted by Gasteiger charge is 2.45. The molecule has 0 radical (unpaired) electrons. The van der Waals surface area contributed by atoms with Gasteiger partial charge in [-0.1, -0.05) is 61.9 Å². The van der Waals surface area contributed by atoms with E-state index in [2.05, 4.69) is 11.7 Å². The number of aryl methyl sites for hydroxylation is 1. The second-order valence-electron chi connectivity index (χ2n) is 8.57. The second-order valence-corrected chi connectivity index (χ2v) is 8.57. The molecule has 0 saturated heterocycles. The van der Waals surface area contributed by atoms with Crippen molar-refractivity contribution in [3.63, 3.8) is 0 Å². The fourth-order valence-electron chi connectivity index (χ4n) is 3.99. The van der Waals surface area contributed by atoms with Gasteiger partial charge in [0.25, 0.3) is 0 Å². The molecule has 0 aromatic heterocycles. The van der Waals surface area contributed by atoms with Crippen molar-refractivity contribution >= 4 is 0 Å².